The number of methoxy groups -OCH3 is 1. The Hall–Kier alpha value is -3.65. The molecule has 0 aliphatic carbocycles. The highest BCUT2D eigenvalue weighted by Gasteiger charge is 2.16. The second-order valence-corrected chi connectivity index (χ2v) is 6.53. The zero-order valence-electron chi connectivity index (χ0n) is 15.6. The van der Waals surface area contributed by atoms with Gasteiger partial charge in [-0.25, -0.2) is 0 Å². The molecule has 0 heterocycles. The van der Waals surface area contributed by atoms with Crippen LogP contribution in [0.1, 0.15) is 5.56 Å². The van der Waals surface area contributed by atoms with Crippen LogP contribution in [0.5, 0.6) is 11.5 Å². The molecular weight excluding hydrogens is 390 g/mol. The van der Waals surface area contributed by atoms with Crippen molar-refractivity contribution < 1.29 is 14.8 Å². The van der Waals surface area contributed by atoms with Gasteiger partial charge in [0.15, 0.2) is 5.11 Å². The first-order valence-electron chi connectivity index (χ1n) is 8.72. The molecule has 0 fully saturated rings. The fourth-order valence-electron chi connectivity index (χ4n) is 2.71. The van der Waals surface area contributed by atoms with Gasteiger partial charge in [-0.2, -0.15) is 0 Å². The number of non-ortho nitro benzene ring substituents is 1. The first-order chi connectivity index (χ1) is 14.0. The number of phenols is 1. The molecule has 0 radical (unpaired) electrons. The second kappa shape index (κ2) is 9.03. The summed E-state index contributed by atoms with van der Waals surface area (Å²) in [5, 5.41) is 24.5. The van der Waals surface area contributed by atoms with Gasteiger partial charge in [-0.1, -0.05) is 18.2 Å². The molecule has 2 N–H and O–H groups in total. The Kier molecular flexibility index (Phi) is 6.25. The Morgan fingerprint density at radius 1 is 1.10 bits per heavy atom. The molecule has 0 aliphatic rings. The first-order valence-corrected chi connectivity index (χ1v) is 9.12. The van der Waals surface area contributed by atoms with Crippen molar-refractivity contribution in [2.24, 2.45) is 0 Å². The molecule has 7 nitrogen and oxygen atoms in total. The van der Waals surface area contributed by atoms with Crippen LogP contribution in [-0.4, -0.2) is 22.3 Å². The van der Waals surface area contributed by atoms with Crippen molar-refractivity contribution >= 4 is 34.4 Å². The number of nitro groups is 1. The molecule has 0 saturated carbocycles. The van der Waals surface area contributed by atoms with Gasteiger partial charge >= 0.3 is 0 Å². The number of hydrogen-bond acceptors (Lipinski definition) is 5. The van der Waals surface area contributed by atoms with Crippen LogP contribution in [0, 0.1) is 10.1 Å². The minimum Gasteiger partial charge on any atom is -0.508 e. The van der Waals surface area contributed by atoms with E-state index in [2.05, 4.69) is 5.32 Å². The monoisotopic (exact) mass is 409 g/mol. The van der Waals surface area contributed by atoms with E-state index in [-0.39, 0.29) is 11.4 Å². The van der Waals surface area contributed by atoms with Gasteiger partial charge in [-0.3, -0.25) is 10.1 Å². The van der Waals surface area contributed by atoms with Crippen LogP contribution in [0.4, 0.5) is 17.1 Å². The molecule has 3 aromatic rings. The highest BCUT2D eigenvalue weighted by molar-refractivity contribution is 7.80. The van der Waals surface area contributed by atoms with Gasteiger partial charge in [0.1, 0.15) is 11.5 Å². The Balaban J connectivity index is 1.87. The lowest BCUT2D eigenvalue weighted by molar-refractivity contribution is -0.384. The summed E-state index contributed by atoms with van der Waals surface area (Å²) in [5.41, 5.74) is 2.13. The van der Waals surface area contributed by atoms with Gasteiger partial charge in [0.25, 0.3) is 5.69 Å². The average molecular weight is 409 g/mol. The normalized spacial score (nSPS) is 10.2. The Labute approximate surface area is 173 Å². The lowest BCUT2D eigenvalue weighted by Crippen LogP contribution is -2.34. The molecule has 0 bridgehead atoms. The van der Waals surface area contributed by atoms with Crippen molar-refractivity contribution in [3.05, 3.63) is 88.5 Å². The number of benzene rings is 3. The summed E-state index contributed by atoms with van der Waals surface area (Å²) in [7, 11) is 1.59. The molecular formula is C21H19N3O4S. The van der Waals surface area contributed by atoms with E-state index in [1.54, 1.807) is 31.4 Å². The Morgan fingerprint density at radius 2 is 1.76 bits per heavy atom. The van der Waals surface area contributed by atoms with E-state index < -0.39 is 4.92 Å². The molecule has 148 valence electrons. The number of aromatic hydroxyl groups is 1. The number of hydrogen-bond donors (Lipinski definition) is 2. The van der Waals surface area contributed by atoms with E-state index in [9.17, 15) is 15.2 Å². The molecule has 0 atom stereocenters. The lowest BCUT2D eigenvalue weighted by Gasteiger charge is -2.26. The summed E-state index contributed by atoms with van der Waals surface area (Å²) in [6.45, 7) is 0.331. The van der Waals surface area contributed by atoms with Gasteiger partial charge in [0.2, 0.25) is 0 Å². The Morgan fingerprint density at radius 3 is 2.34 bits per heavy atom. The molecule has 0 saturated heterocycles. The van der Waals surface area contributed by atoms with Crippen molar-refractivity contribution in [3.63, 3.8) is 0 Å². The van der Waals surface area contributed by atoms with Crippen LogP contribution in [0.15, 0.2) is 72.8 Å². The number of ether oxygens (including phenoxy) is 1. The average Bonchev–Trinajstić information content (AvgIpc) is 2.73. The molecule has 0 unspecified atom stereocenters. The topological polar surface area (TPSA) is 87.9 Å². The molecule has 0 aromatic heterocycles. The smallest absolute Gasteiger partial charge is 0.269 e. The number of nitrogens with zero attached hydrogens (tertiary/aromatic N) is 2. The lowest BCUT2D eigenvalue weighted by atomic mass is 10.1. The van der Waals surface area contributed by atoms with E-state index in [0.29, 0.717) is 28.7 Å². The summed E-state index contributed by atoms with van der Waals surface area (Å²) in [6.07, 6.45) is 0. The van der Waals surface area contributed by atoms with Gasteiger partial charge in [-0.05, 0) is 54.7 Å². The maximum Gasteiger partial charge on any atom is 0.269 e. The number of anilines is 2. The zero-order chi connectivity index (χ0) is 20.8. The van der Waals surface area contributed by atoms with E-state index >= 15 is 0 Å². The maximum absolute atomic E-state index is 10.8. The van der Waals surface area contributed by atoms with Crippen molar-refractivity contribution in [1.82, 2.24) is 0 Å². The van der Waals surface area contributed by atoms with Gasteiger partial charge in [0, 0.05) is 29.1 Å². The van der Waals surface area contributed by atoms with Gasteiger partial charge in [-0.15, -0.1) is 0 Å². The van der Waals surface area contributed by atoms with Crippen molar-refractivity contribution in [1.29, 1.82) is 0 Å². The third kappa shape index (κ3) is 4.99. The van der Waals surface area contributed by atoms with E-state index in [0.717, 1.165) is 5.69 Å². The summed E-state index contributed by atoms with van der Waals surface area (Å²) in [5.74, 6) is 0.884. The largest absolute Gasteiger partial charge is 0.508 e. The standard InChI is InChI=1S/C21H19N3O4S/c1-28-19-12-10-17(11-13-19)23(14-15-4-2-3-5-20(15)25)21(29)22-16-6-8-18(9-7-16)24(26)27/h2-13,25H,14H2,1H3,(H,22,29). The van der Waals surface area contributed by atoms with Crippen molar-refractivity contribution in [2.45, 2.75) is 6.54 Å². The quantitative estimate of drug-likeness (QED) is 0.346. The van der Waals surface area contributed by atoms with Gasteiger partial charge < -0.3 is 20.1 Å². The van der Waals surface area contributed by atoms with Crippen LogP contribution >= 0.6 is 12.2 Å². The Bertz CT molecular complexity index is 1010. The SMILES string of the molecule is COc1ccc(N(Cc2ccccc2O)C(=S)Nc2ccc([N+](=O)[O-])cc2)cc1. The molecule has 0 amide bonds. The fourth-order valence-corrected chi connectivity index (χ4v) is 3.00. The van der Waals surface area contributed by atoms with Crippen LogP contribution in [0.3, 0.4) is 0 Å². The second-order valence-electron chi connectivity index (χ2n) is 6.15. The highest BCUT2D eigenvalue weighted by Crippen LogP contribution is 2.26. The number of rotatable bonds is 6. The van der Waals surface area contributed by atoms with Crippen LogP contribution in [0.25, 0.3) is 0 Å². The minimum absolute atomic E-state index is 0.00249. The highest BCUT2D eigenvalue weighted by atomic mass is 32.1. The summed E-state index contributed by atoms with van der Waals surface area (Å²) in [4.78, 5) is 12.2. The number of thiocarbonyl (C=S) groups is 1. The summed E-state index contributed by atoms with van der Waals surface area (Å²) >= 11 is 5.60. The minimum atomic E-state index is -0.454. The van der Waals surface area contributed by atoms with Crippen molar-refractivity contribution in [2.75, 3.05) is 17.3 Å². The third-order valence-corrected chi connectivity index (χ3v) is 4.60. The number of nitro benzene ring substituents is 1. The van der Waals surface area contributed by atoms with Crippen LogP contribution in [0.2, 0.25) is 0 Å². The zero-order valence-corrected chi connectivity index (χ0v) is 16.4. The number of nitrogens with one attached hydrogen (secondary N) is 1. The van der Waals surface area contributed by atoms with E-state index in [1.807, 2.05) is 41.3 Å². The predicted molar refractivity (Wildman–Crippen MR) is 117 cm³/mol. The van der Waals surface area contributed by atoms with Crippen LogP contribution < -0.4 is 15.0 Å². The summed E-state index contributed by atoms with van der Waals surface area (Å²) in [6, 6.07) is 20.4. The van der Waals surface area contributed by atoms with Crippen LogP contribution in [-0.2, 0) is 6.54 Å². The summed E-state index contributed by atoms with van der Waals surface area (Å²) < 4.78 is 5.21. The molecule has 29 heavy (non-hydrogen) atoms. The van der Waals surface area contributed by atoms with E-state index in [4.69, 9.17) is 17.0 Å². The molecule has 3 aromatic carbocycles. The predicted octanol–water partition coefficient (Wildman–Crippen LogP) is 4.71. The molecule has 0 spiro atoms. The van der Waals surface area contributed by atoms with Crippen molar-refractivity contribution in [3.8, 4) is 11.5 Å². The maximum atomic E-state index is 10.8. The number of para-hydroxylation sites is 1. The van der Waals surface area contributed by atoms with E-state index in [1.165, 1.54) is 12.1 Å². The first kappa shape index (κ1) is 20.1. The molecule has 0 aliphatic heterocycles. The number of phenolic OH excluding ortho intramolecular Hbond substituents is 1. The third-order valence-electron chi connectivity index (χ3n) is 4.28. The fraction of sp³-hybridized carbons (Fsp3) is 0.0952. The molecule has 8 heteroatoms. The molecule has 3 rings (SSSR count). The van der Waals surface area contributed by atoms with Gasteiger partial charge in [0.05, 0.1) is 18.6 Å².